The lowest BCUT2D eigenvalue weighted by molar-refractivity contribution is -0.115. The van der Waals surface area contributed by atoms with Crippen molar-refractivity contribution in [3.63, 3.8) is 0 Å². The summed E-state index contributed by atoms with van der Waals surface area (Å²) in [5.41, 5.74) is 2.32. The van der Waals surface area contributed by atoms with Gasteiger partial charge in [0.1, 0.15) is 0 Å². The predicted octanol–water partition coefficient (Wildman–Crippen LogP) is 4.86. The number of aromatic nitrogens is 2. The van der Waals surface area contributed by atoms with Crippen LogP contribution in [0.2, 0.25) is 0 Å². The standard InChI is InChI=1S/C17H16N4O2S.C6H12/c1-21-8-7-13(10-21)16(23)18-9-15(22)20-17-19-14(11-24-17)12-5-3-2-4-6-12;1-2-4-6-5-3-1/h2-8,10-11H,9H2,1H3,(H,18,23)(H,19,20,22);1-6H2. The Morgan fingerprint density at radius 1 is 1.03 bits per heavy atom. The lowest BCUT2D eigenvalue weighted by Gasteiger charge is -2.05. The molecule has 0 unspecified atom stereocenters. The largest absolute Gasteiger partial charge is 0.356 e. The number of thiazole rings is 1. The highest BCUT2D eigenvalue weighted by molar-refractivity contribution is 7.14. The number of benzene rings is 1. The molecule has 0 radical (unpaired) electrons. The van der Waals surface area contributed by atoms with Crippen molar-refractivity contribution in [3.05, 3.63) is 59.7 Å². The van der Waals surface area contributed by atoms with E-state index in [0.29, 0.717) is 10.7 Å². The Morgan fingerprint density at radius 3 is 2.30 bits per heavy atom. The van der Waals surface area contributed by atoms with E-state index in [9.17, 15) is 9.59 Å². The molecule has 0 aliphatic heterocycles. The number of hydrogen-bond acceptors (Lipinski definition) is 4. The van der Waals surface area contributed by atoms with E-state index in [0.717, 1.165) is 11.3 Å². The number of hydrogen-bond donors (Lipinski definition) is 2. The van der Waals surface area contributed by atoms with Gasteiger partial charge in [0.05, 0.1) is 17.8 Å². The zero-order valence-electron chi connectivity index (χ0n) is 17.3. The van der Waals surface area contributed by atoms with Crippen LogP contribution in [0.25, 0.3) is 11.3 Å². The summed E-state index contributed by atoms with van der Waals surface area (Å²) >= 11 is 1.35. The molecule has 2 heterocycles. The lowest BCUT2D eigenvalue weighted by Crippen LogP contribution is -2.32. The summed E-state index contributed by atoms with van der Waals surface area (Å²) in [6, 6.07) is 11.4. The Labute approximate surface area is 181 Å². The number of anilines is 1. The van der Waals surface area contributed by atoms with Gasteiger partial charge in [-0.15, -0.1) is 11.3 Å². The highest BCUT2D eigenvalue weighted by Crippen LogP contribution is 2.24. The van der Waals surface area contributed by atoms with Crippen LogP contribution in [-0.4, -0.2) is 27.9 Å². The van der Waals surface area contributed by atoms with E-state index >= 15 is 0 Å². The minimum atomic E-state index is -0.312. The highest BCUT2D eigenvalue weighted by Gasteiger charge is 2.11. The van der Waals surface area contributed by atoms with Crippen LogP contribution >= 0.6 is 11.3 Å². The average molecular weight is 425 g/mol. The SMILES string of the molecule is C1CCCCC1.Cn1ccc(C(=O)NCC(=O)Nc2nc(-c3ccccc3)cs2)c1. The molecule has 0 saturated heterocycles. The van der Waals surface area contributed by atoms with Gasteiger partial charge in [-0.3, -0.25) is 9.59 Å². The second-order valence-electron chi connectivity index (χ2n) is 7.32. The monoisotopic (exact) mass is 424 g/mol. The Morgan fingerprint density at radius 2 is 1.70 bits per heavy atom. The van der Waals surface area contributed by atoms with Gasteiger partial charge in [-0.1, -0.05) is 68.9 Å². The number of carbonyl (C=O) groups is 2. The molecule has 0 atom stereocenters. The van der Waals surface area contributed by atoms with E-state index in [1.807, 2.05) is 42.8 Å². The zero-order valence-corrected chi connectivity index (χ0v) is 18.1. The molecule has 0 spiro atoms. The van der Waals surface area contributed by atoms with Crippen molar-refractivity contribution in [3.8, 4) is 11.3 Å². The first-order chi connectivity index (χ1) is 14.6. The van der Waals surface area contributed by atoms with Crippen molar-refractivity contribution in [2.45, 2.75) is 38.5 Å². The quantitative estimate of drug-likeness (QED) is 0.614. The molecule has 1 fully saturated rings. The topological polar surface area (TPSA) is 76.0 Å². The summed E-state index contributed by atoms with van der Waals surface area (Å²) in [5, 5.41) is 7.67. The minimum absolute atomic E-state index is 0.103. The summed E-state index contributed by atoms with van der Waals surface area (Å²) in [6.07, 6.45) is 12.5. The Balaban J connectivity index is 0.000000367. The summed E-state index contributed by atoms with van der Waals surface area (Å²) in [6.45, 7) is -0.103. The second kappa shape index (κ2) is 11.3. The van der Waals surface area contributed by atoms with E-state index in [4.69, 9.17) is 0 Å². The zero-order chi connectivity index (χ0) is 21.2. The molecule has 1 aliphatic rings. The molecule has 7 heteroatoms. The molecular formula is C23H28N4O2S. The third-order valence-electron chi connectivity index (χ3n) is 4.82. The number of aryl methyl sites for hydroxylation is 1. The van der Waals surface area contributed by atoms with E-state index < -0.39 is 0 Å². The summed E-state index contributed by atoms with van der Waals surface area (Å²) in [7, 11) is 1.83. The molecular weight excluding hydrogens is 396 g/mol. The highest BCUT2D eigenvalue weighted by atomic mass is 32.1. The molecule has 3 aromatic rings. The molecule has 6 nitrogen and oxygen atoms in total. The molecule has 158 valence electrons. The summed E-state index contributed by atoms with van der Waals surface area (Å²) in [5.74, 6) is -0.594. The van der Waals surface area contributed by atoms with Crippen LogP contribution in [-0.2, 0) is 11.8 Å². The maximum Gasteiger partial charge on any atom is 0.253 e. The first kappa shape index (κ1) is 21.8. The Bertz CT molecular complexity index is 934. The maximum absolute atomic E-state index is 11.9. The van der Waals surface area contributed by atoms with Gasteiger partial charge >= 0.3 is 0 Å². The van der Waals surface area contributed by atoms with Gasteiger partial charge in [0.25, 0.3) is 5.91 Å². The van der Waals surface area contributed by atoms with Crippen LogP contribution in [0.5, 0.6) is 0 Å². The molecule has 2 amide bonds. The van der Waals surface area contributed by atoms with Crippen LogP contribution in [0, 0.1) is 0 Å². The molecule has 30 heavy (non-hydrogen) atoms. The van der Waals surface area contributed by atoms with Gasteiger partial charge in [0.15, 0.2) is 5.13 Å². The number of rotatable bonds is 5. The minimum Gasteiger partial charge on any atom is -0.356 e. The fraction of sp³-hybridized carbons (Fsp3) is 0.348. The van der Waals surface area contributed by atoms with Gasteiger partial charge in [0, 0.05) is 30.4 Å². The fourth-order valence-electron chi connectivity index (χ4n) is 3.20. The maximum atomic E-state index is 11.9. The van der Waals surface area contributed by atoms with Crippen LogP contribution in [0.1, 0.15) is 48.9 Å². The molecule has 2 N–H and O–H groups in total. The normalized spacial score (nSPS) is 13.1. The molecule has 0 bridgehead atoms. The average Bonchev–Trinajstić information content (AvgIpc) is 3.43. The summed E-state index contributed by atoms with van der Waals surface area (Å²) in [4.78, 5) is 28.2. The Hall–Kier alpha value is -2.93. The van der Waals surface area contributed by atoms with Crippen molar-refractivity contribution in [2.24, 2.45) is 7.05 Å². The van der Waals surface area contributed by atoms with E-state index in [2.05, 4.69) is 15.6 Å². The van der Waals surface area contributed by atoms with Crippen molar-refractivity contribution < 1.29 is 9.59 Å². The van der Waals surface area contributed by atoms with E-state index in [1.54, 1.807) is 23.0 Å². The van der Waals surface area contributed by atoms with Gasteiger partial charge in [-0.2, -0.15) is 0 Å². The van der Waals surface area contributed by atoms with Crippen molar-refractivity contribution in [1.29, 1.82) is 0 Å². The van der Waals surface area contributed by atoms with Crippen molar-refractivity contribution in [2.75, 3.05) is 11.9 Å². The molecule has 1 saturated carbocycles. The van der Waals surface area contributed by atoms with Gasteiger partial charge in [0.2, 0.25) is 5.91 Å². The third-order valence-corrected chi connectivity index (χ3v) is 5.58. The van der Waals surface area contributed by atoms with Crippen LogP contribution in [0.4, 0.5) is 5.13 Å². The predicted molar refractivity (Wildman–Crippen MR) is 122 cm³/mol. The molecule has 1 aliphatic carbocycles. The smallest absolute Gasteiger partial charge is 0.253 e. The first-order valence-corrected chi connectivity index (χ1v) is 11.2. The number of nitrogens with one attached hydrogen (secondary N) is 2. The van der Waals surface area contributed by atoms with E-state index in [-0.39, 0.29) is 18.4 Å². The Kier molecular flexibility index (Phi) is 8.20. The van der Waals surface area contributed by atoms with Gasteiger partial charge in [-0.05, 0) is 6.07 Å². The van der Waals surface area contributed by atoms with Gasteiger partial charge in [-0.25, -0.2) is 4.98 Å². The molecule has 2 aromatic heterocycles. The fourth-order valence-corrected chi connectivity index (χ4v) is 3.93. The van der Waals surface area contributed by atoms with Crippen LogP contribution in [0.15, 0.2) is 54.2 Å². The molecule has 4 rings (SSSR count). The molecule has 1 aromatic carbocycles. The van der Waals surface area contributed by atoms with Crippen LogP contribution < -0.4 is 10.6 Å². The lowest BCUT2D eigenvalue weighted by atomic mass is 10.0. The number of carbonyl (C=O) groups excluding carboxylic acids is 2. The first-order valence-electron chi connectivity index (χ1n) is 10.3. The van der Waals surface area contributed by atoms with Gasteiger partial charge < -0.3 is 15.2 Å². The number of nitrogens with zero attached hydrogens (tertiary/aromatic N) is 2. The second-order valence-corrected chi connectivity index (χ2v) is 8.18. The summed E-state index contributed by atoms with van der Waals surface area (Å²) < 4.78 is 1.77. The van der Waals surface area contributed by atoms with Crippen molar-refractivity contribution >= 4 is 28.3 Å². The van der Waals surface area contributed by atoms with E-state index in [1.165, 1.54) is 49.9 Å². The van der Waals surface area contributed by atoms with Crippen LogP contribution in [0.3, 0.4) is 0 Å². The third kappa shape index (κ3) is 6.84. The van der Waals surface area contributed by atoms with Crippen molar-refractivity contribution in [1.82, 2.24) is 14.9 Å². The number of amides is 2.